The number of aromatic nitrogens is 1. The van der Waals surface area contributed by atoms with Crippen LogP contribution in [-0.4, -0.2) is 55.1 Å². The molecule has 0 aliphatic heterocycles. The fraction of sp³-hybridized carbons (Fsp3) is 0.238. The molecule has 0 fully saturated rings. The van der Waals surface area contributed by atoms with Gasteiger partial charge in [0.05, 0.1) is 20.1 Å². The van der Waals surface area contributed by atoms with E-state index in [1.54, 1.807) is 42.5 Å². The predicted molar refractivity (Wildman–Crippen MR) is 108 cm³/mol. The van der Waals surface area contributed by atoms with Crippen molar-refractivity contribution in [2.75, 3.05) is 32.6 Å². The fourth-order valence-electron chi connectivity index (χ4n) is 2.71. The molecule has 1 heterocycles. The zero-order chi connectivity index (χ0) is 21.5. The van der Waals surface area contributed by atoms with E-state index in [1.165, 1.54) is 19.1 Å². The van der Waals surface area contributed by atoms with Crippen molar-refractivity contribution < 1.29 is 28.4 Å². The molecule has 2 amide bonds. The van der Waals surface area contributed by atoms with Crippen LogP contribution in [0.2, 0.25) is 0 Å². The fourth-order valence-corrected chi connectivity index (χ4v) is 2.71. The molecule has 0 saturated carbocycles. The molecular weight excluding hydrogens is 390 g/mol. The molecule has 1 aromatic heterocycles. The van der Waals surface area contributed by atoms with Crippen molar-refractivity contribution in [3.63, 3.8) is 0 Å². The average Bonchev–Trinajstić information content (AvgIpc) is 3.14. The molecule has 0 saturated heterocycles. The van der Waals surface area contributed by atoms with Crippen molar-refractivity contribution in [2.24, 2.45) is 0 Å². The number of ether oxygens (including phenoxy) is 2. The Labute approximate surface area is 172 Å². The lowest BCUT2D eigenvalue weighted by atomic mass is 10.2. The highest BCUT2D eigenvalue weighted by Gasteiger charge is 2.17. The summed E-state index contributed by atoms with van der Waals surface area (Å²) >= 11 is 0. The second-order valence-corrected chi connectivity index (χ2v) is 6.49. The van der Waals surface area contributed by atoms with Crippen LogP contribution in [-0.2, 0) is 25.5 Å². The Morgan fingerprint density at radius 1 is 1.13 bits per heavy atom. The van der Waals surface area contributed by atoms with Crippen LogP contribution in [0.25, 0.3) is 11.0 Å². The van der Waals surface area contributed by atoms with Crippen molar-refractivity contribution in [2.45, 2.75) is 6.42 Å². The van der Waals surface area contributed by atoms with E-state index >= 15 is 0 Å². The molecule has 2 aromatic carbocycles. The summed E-state index contributed by atoms with van der Waals surface area (Å²) in [5.74, 6) is -0.908. The van der Waals surface area contributed by atoms with E-state index in [-0.39, 0.29) is 18.9 Å². The molecule has 156 valence electrons. The number of carbonyl (C=O) groups excluding carboxylic acids is 3. The van der Waals surface area contributed by atoms with Crippen molar-refractivity contribution >= 4 is 34.4 Å². The van der Waals surface area contributed by atoms with Gasteiger partial charge in [0.1, 0.15) is 11.4 Å². The van der Waals surface area contributed by atoms with E-state index in [0.29, 0.717) is 28.1 Å². The summed E-state index contributed by atoms with van der Waals surface area (Å²) in [4.78, 5) is 37.5. The van der Waals surface area contributed by atoms with Gasteiger partial charge in [-0.15, -0.1) is 0 Å². The largest absolute Gasteiger partial charge is 0.497 e. The van der Waals surface area contributed by atoms with Gasteiger partial charge in [0.15, 0.2) is 12.2 Å². The van der Waals surface area contributed by atoms with Gasteiger partial charge in [0.25, 0.3) is 5.91 Å². The summed E-state index contributed by atoms with van der Waals surface area (Å²) in [5.41, 5.74) is 1.55. The Hall–Kier alpha value is -3.88. The molecule has 9 nitrogen and oxygen atoms in total. The third kappa shape index (κ3) is 5.34. The number of benzene rings is 2. The molecule has 1 N–H and O–H groups in total. The number of hydrogen-bond acceptors (Lipinski definition) is 7. The molecule has 0 atom stereocenters. The van der Waals surface area contributed by atoms with Crippen molar-refractivity contribution in [1.82, 2.24) is 10.1 Å². The molecule has 3 rings (SSSR count). The van der Waals surface area contributed by atoms with Crippen LogP contribution in [0.4, 0.5) is 5.69 Å². The number of para-hydroxylation sites is 1. The van der Waals surface area contributed by atoms with Crippen LogP contribution >= 0.6 is 0 Å². The molecule has 3 aromatic rings. The first-order chi connectivity index (χ1) is 14.5. The maximum atomic E-state index is 12.2. The highest BCUT2D eigenvalue weighted by molar-refractivity contribution is 5.95. The maximum Gasteiger partial charge on any atom is 0.312 e. The molecule has 0 unspecified atom stereocenters. The highest BCUT2D eigenvalue weighted by Crippen LogP contribution is 2.18. The molecule has 9 heteroatoms. The number of esters is 1. The van der Waals surface area contributed by atoms with E-state index < -0.39 is 18.5 Å². The van der Waals surface area contributed by atoms with Gasteiger partial charge in [0.2, 0.25) is 5.91 Å². The second-order valence-electron chi connectivity index (χ2n) is 6.49. The molecular formula is C21H21N3O6. The van der Waals surface area contributed by atoms with Gasteiger partial charge < -0.3 is 24.2 Å². The SMILES string of the molecule is COc1cccc(NC(=O)CN(C)C(=O)COC(=O)Cc2noc3ccccc23)c1. The number of nitrogens with one attached hydrogen (secondary N) is 1. The first-order valence-corrected chi connectivity index (χ1v) is 9.13. The monoisotopic (exact) mass is 411 g/mol. The van der Waals surface area contributed by atoms with Crippen LogP contribution in [0.1, 0.15) is 5.69 Å². The number of anilines is 1. The summed E-state index contributed by atoms with van der Waals surface area (Å²) in [6.45, 7) is -0.668. The van der Waals surface area contributed by atoms with E-state index in [4.69, 9.17) is 14.0 Å². The van der Waals surface area contributed by atoms with Gasteiger partial charge in [-0.25, -0.2) is 0 Å². The zero-order valence-electron chi connectivity index (χ0n) is 16.6. The van der Waals surface area contributed by atoms with Gasteiger partial charge in [-0.05, 0) is 24.3 Å². The summed E-state index contributed by atoms with van der Waals surface area (Å²) < 4.78 is 15.2. The number of carbonyl (C=O) groups is 3. The topological polar surface area (TPSA) is 111 Å². The number of methoxy groups -OCH3 is 1. The normalized spacial score (nSPS) is 10.5. The molecule has 0 radical (unpaired) electrons. The molecule has 0 aliphatic carbocycles. The minimum absolute atomic E-state index is 0.121. The van der Waals surface area contributed by atoms with Crippen LogP contribution < -0.4 is 10.1 Å². The minimum atomic E-state index is -0.614. The van der Waals surface area contributed by atoms with E-state index in [0.717, 1.165) is 0 Å². The Bertz CT molecular complexity index is 1060. The highest BCUT2D eigenvalue weighted by atomic mass is 16.5. The number of amides is 2. The van der Waals surface area contributed by atoms with Gasteiger partial charge >= 0.3 is 5.97 Å². The summed E-state index contributed by atoms with van der Waals surface area (Å²) in [6, 6.07) is 14.0. The van der Waals surface area contributed by atoms with Gasteiger partial charge in [-0.3, -0.25) is 14.4 Å². The Balaban J connectivity index is 1.45. The van der Waals surface area contributed by atoms with Crippen LogP contribution in [0.3, 0.4) is 0 Å². The summed E-state index contributed by atoms with van der Waals surface area (Å²) in [7, 11) is 2.98. The third-order valence-corrected chi connectivity index (χ3v) is 4.28. The first-order valence-electron chi connectivity index (χ1n) is 9.13. The number of hydrogen-bond donors (Lipinski definition) is 1. The summed E-state index contributed by atoms with van der Waals surface area (Å²) in [5, 5.41) is 7.25. The van der Waals surface area contributed by atoms with E-state index in [9.17, 15) is 14.4 Å². The molecule has 0 bridgehead atoms. The lowest BCUT2D eigenvalue weighted by molar-refractivity contribution is -0.151. The minimum Gasteiger partial charge on any atom is -0.497 e. The molecule has 30 heavy (non-hydrogen) atoms. The van der Waals surface area contributed by atoms with Gasteiger partial charge in [-0.2, -0.15) is 0 Å². The lowest BCUT2D eigenvalue weighted by Crippen LogP contribution is -2.37. The van der Waals surface area contributed by atoms with E-state index in [2.05, 4.69) is 10.5 Å². The smallest absolute Gasteiger partial charge is 0.312 e. The maximum absolute atomic E-state index is 12.2. The van der Waals surface area contributed by atoms with E-state index in [1.807, 2.05) is 6.07 Å². The average molecular weight is 411 g/mol. The van der Waals surface area contributed by atoms with Crippen molar-refractivity contribution in [3.05, 3.63) is 54.2 Å². The Kier molecular flexibility index (Phi) is 6.63. The summed E-state index contributed by atoms with van der Waals surface area (Å²) in [6.07, 6.45) is -0.121. The van der Waals surface area contributed by atoms with Crippen LogP contribution in [0.5, 0.6) is 5.75 Å². The number of rotatable bonds is 8. The predicted octanol–water partition coefficient (Wildman–Crippen LogP) is 2.02. The number of likely N-dealkylation sites (N-methyl/N-ethyl adjacent to an activating group) is 1. The molecule has 0 aliphatic rings. The Morgan fingerprint density at radius 2 is 1.93 bits per heavy atom. The second kappa shape index (κ2) is 9.55. The molecule has 0 spiro atoms. The Morgan fingerprint density at radius 3 is 2.73 bits per heavy atom. The van der Waals surface area contributed by atoms with Crippen LogP contribution in [0.15, 0.2) is 53.1 Å². The van der Waals surface area contributed by atoms with Gasteiger partial charge in [0, 0.05) is 24.2 Å². The third-order valence-electron chi connectivity index (χ3n) is 4.28. The lowest BCUT2D eigenvalue weighted by Gasteiger charge is -2.17. The zero-order valence-corrected chi connectivity index (χ0v) is 16.6. The van der Waals surface area contributed by atoms with Crippen molar-refractivity contribution in [3.8, 4) is 5.75 Å². The quantitative estimate of drug-likeness (QED) is 0.565. The number of fused-ring (bicyclic) bond motifs is 1. The van der Waals surface area contributed by atoms with Gasteiger partial charge in [-0.1, -0.05) is 23.4 Å². The standard InChI is InChI=1S/C21H21N3O6/c1-24(12-19(25)22-14-6-5-7-15(10-14)28-2)20(26)13-29-21(27)11-17-16-8-3-4-9-18(16)30-23-17/h3-10H,11-13H2,1-2H3,(H,22,25). The number of nitrogens with zero attached hydrogens (tertiary/aromatic N) is 2. The van der Waals surface area contributed by atoms with Crippen molar-refractivity contribution in [1.29, 1.82) is 0 Å². The first kappa shape index (κ1) is 20.8. The van der Waals surface area contributed by atoms with Crippen LogP contribution in [0, 0.1) is 0 Å².